The fraction of sp³-hybridized carbons (Fsp3) is 0.188. The number of carbonyl (C=O) groups is 1. The van der Waals surface area contributed by atoms with Gasteiger partial charge in [0.25, 0.3) is 0 Å². The number of aryl methyl sites for hydroxylation is 1. The van der Waals surface area contributed by atoms with Gasteiger partial charge in [0, 0.05) is 21.4 Å². The fourth-order valence-corrected chi connectivity index (χ4v) is 3.09. The zero-order valence-electron chi connectivity index (χ0n) is 11.0. The van der Waals surface area contributed by atoms with E-state index >= 15 is 0 Å². The lowest BCUT2D eigenvalue weighted by molar-refractivity contribution is -0.116. The smallest absolute Gasteiger partial charge is 0.147 e. The summed E-state index contributed by atoms with van der Waals surface area (Å²) in [6.07, 6.45) is 0.318. The van der Waals surface area contributed by atoms with Crippen LogP contribution in [0.2, 0.25) is 10.0 Å². The van der Waals surface area contributed by atoms with Gasteiger partial charge in [0.2, 0.25) is 0 Å². The molecule has 2 aromatic rings. The maximum absolute atomic E-state index is 12.0. The highest BCUT2D eigenvalue weighted by Gasteiger charge is 2.09. The number of Topliss-reactive ketones (excluding diaryl/α,β-unsaturated/α-hetero) is 1. The Bertz CT molecular complexity index is 626. The molecule has 20 heavy (non-hydrogen) atoms. The van der Waals surface area contributed by atoms with Crippen molar-refractivity contribution in [2.45, 2.75) is 18.2 Å². The summed E-state index contributed by atoms with van der Waals surface area (Å²) >= 11 is 13.5. The molecule has 104 valence electrons. The molecular weight excluding hydrogens is 311 g/mol. The van der Waals surface area contributed by atoms with Gasteiger partial charge in [0.05, 0.1) is 5.75 Å². The molecular formula is C16H14Cl2OS. The summed E-state index contributed by atoms with van der Waals surface area (Å²) in [5.74, 6) is 0.579. The van der Waals surface area contributed by atoms with E-state index in [2.05, 4.69) is 0 Å². The molecule has 0 N–H and O–H groups in total. The van der Waals surface area contributed by atoms with E-state index < -0.39 is 0 Å². The Morgan fingerprint density at radius 3 is 2.65 bits per heavy atom. The predicted octanol–water partition coefficient (Wildman–Crippen LogP) is 5.21. The van der Waals surface area contributed by atoms with Gasteiger partial charge >= 0.3 is 0 Å². The Labute approximate surface area is 133 Å². The number of rotatable bonds is 5. The molecule has 0 atom stereocenters. The van der Waals surface area contributed by atoms with Crippen molar-refractivity contribution in [2.24, 2.45) is 0 Å². The molecule has 0 aromatic heterocycles. The third kappa shape index (κ3) is 4.27. The minimum absolute atomic E-state index is 0.141. The normalized spacial score (nSPS) is 10.6. The van der Waals surface area contributed by atoms with Gasteiger partial charge in [-0.25, -0.2) is 0 Å². The van der Waals surface area contributed by atoms with Crippen LogP contribution >= 0.6 is 35.0 Å². The molecule has 0 radical (unpaired) electrons. The highest BCUT2D eigenvalue weighted by atomic mass is 35.5. The second-order valence-corrected chi connectivity index (χ2v) is 6.37. The Hall–Kier alpha value is -0.960. The minimum Gasteiger partial charge on any atom is -0.298 e. The lowest BCUT2D eigenvalue weighted by Crippen LogP contribution is -2.06. The van der Waals surface area contributed by atoms with E-state index in [-0.39, 0.29) is 5.78 Å². The van der Waals surface area contributed by atoms with Crippen molar-refractivity contribution < 1.29 is 4.79 Å². The Kier molecular flexibility index (Phi) is 5.53. The summed E-state index contributed by atoms with van der Waals surface area (Å²) in [6.45, 7) is 2.04. The van der Waals surface area contributed by atoms with Crippen LogP contribution in [0, 0.1) is 6.92 Å². The molecule has 0 unspecified atom stereocenters. The van der Waals surface area contributed by atoms with Crippen molar-refractivity contribution in [3.8, 4) is 0 Å². The third-order valence-electron chi connectivity index (χ3n) is 2.88. The monoisotopic (exact) mass is 324 g/mol. The topological polar surface area (TPSA) is 17.1 Å². The van der Waals surface area contributed by atoms with E-state index in [1.807, 2.05) is 31.2 Å². The second kappa shape index (κ2) is 7.16. The summed E-state index contributed by atoms with van der Waals surface area (Å²) in [5, 5.41) is 1.19. The molecule has 1 nitrogen and oxygen atoms in total. The average molecular weight is 325 g/mol. The molecule has 0 aliphatic rings. The first-order chi connectivity index (χ1) is 9.56. The molecule has 2 rings (SSSR count). The molecule has 0 fully saturated rings. The van der Waals surface area contributed by atoms with Crippen molar-refractivity contribution in [1.29, 1.82) is 0 Å². The van der Waals surface area contributed by atoms with Crippen LogP contribution in [0.4, 0.5) is 0 Å². The van der Waals surface area contributed by atoms with E-state index in [1.165, 1.54) is 5.56 Å². The number of thioether (sulfide) groups is 1. The number of hydrogen-bond donors (Lipinski definition) is 0. The molecule has 2 aromatic carbocycles. The Morgan fingerprint density at radius 1 is 1.15 bits per heavy atom. The quantitative estimate of drug-likeness (QED) is 0.702. The fourth-order valence-electron chi connectivity index (χ4n) is 1.82. The molecule has 0 heterocycles. The van der Waals surface area contributed by atoms with Crippen LogP contribution < -0.4 is 0 Å². The molecule has 0 saturated carbocycles. The van der Waals surface area contributed by atoms with Gasteiger partial charge in [-0.3, -0.25) is 4.79 Å². The third-order valence-corrected chi connectivity index (χ3v) is 4.72. The lowest BCUT2D eigenvalue weighted by Gasteiger charge is -2.06. The number of benzene rings is 2. The lowest BCUT2D eigenvalue weighted by atomic mass is 10.1. The standard InChI is InChI=1S/C16H14Cl2OS/c1-11-4-2-3-5-16(11)20-10-14(19)9-12-8-13(17)6-7-15(12)18/h2-8H,9-10H2,1H3. The van der Waals surface area contributed by atoms with E-state index in [1.54, 1.807) is 30.0 Å². The van der Waals surface area contributed by atoms with E-state index in [0.29, 0.717) is 22.2 Å². The Balaban J connectivity index is 1.96. The summed E-state index contributed by atoms with van der Waals surface area (Å²) in [6, 6.07) is 13.2. The molecule has 0 bridgehead atoms. The minimum atomic E-state index is 0.141. The van der Waals surface area contributed by atoms with E-state index in [9.17, 15) is 4.79 Å². The van der Waals surface area contributed by atoms with Crippen molar-refractivity contribution in [3.63, 3.8) is 0 Å². The van der Waals surface area contributed by atoms with Gasteiger partial charge in [0.1, 0.15) is 5.78 Å². The van der Waals surface area contributed by atoms with Gasteiger partial charge in [-0.2, -0.15) is 0 Å². The summed E-state index contributed by atoms with van der Waals surface area (Å²) in [7, 11) is 0. The molecule has 0 saturated heterocycles. The van der Waals surface area contributed by atoms with Gasteiger partial charge < -0.3 is 0 Å². The highest BCUT2D eigenvalue weighted by molar-refractivity contribution is 8.00. The van der Waals surface area contributed by atoms with Gasteiger partial charge in [0.15, 0.2) is 0 Å². The van der Waals surface area contributed by atoms with Crippen LogP contribution in [0.5, 0.6) is 0 Å². The highest BCUT2D eigenvalue weighted by Crippen LogP contribution is 2.24. The van der Waals surface area contributed by atoms with Crippen LogP contribution in [0.3, 0.4) is 0 Å². The van der Waals surface area contributed by atoms with E-state index in [4.69, 9.17) is 23.2 Å². The first-order valence-corrected chi connectivity index (χ1v) is 7.94. The van der Waals surface area contributed by atoms with Crippen molar-refractivity contribution in [1.82, 2.24) is 0 Å². The number of halogens is 2. The van der Waals surface area contributed by atoms with Crippen LogP contribution in [0.25, 0.3) is 0 Å². The number of hydrogen-bond acceptors (Lipinski definition) is 2. The summed E-state index contributed by atoms with van der Waals surface area (Å²) < 4.78 is 0. The van der Waals surface area contributed by atoms with Crippen molar-refractivity contribution in [3.05, 3.63) is 63.6 Å². The van der Waals surface area contributed by atoms with E-state index in [0.717, 1.165) is 10.5 Å². The average Bonchev–Trinajstić information content (AvgIpc) is 2.42. The molecule has 0 aliphatic carbocycles. The first-order valence-electron chi connectivity index (χ1n) is 6.20. The Morgan fingerprint density at radius 2 is 1.90 bits per heavy atom. The van der Waals surface area contributed by atoms with Gasteiger partial charge in [-0.15, -0.1) is 11.8 Å². The predicted molar refractivity (Wildman–Crippen MR) is 87.1 cm³/mol. The maximum Gasteiger partial charge on any atom is 0.147 e. The van der Waals surface area contributed by atoms with Crippen LogP contribution in [0.1, 0.15) is 11.1 Å². The van der Waals surface area contributed by atoms with Crippen molar-refractivity contribution >= 4 is 40.7 Å². The maximum atomic E-state index is 12.0. The number of ketones is 1. The van der Waals surface area contributed by atoms with Crippen molar-refractivity contribution in [2.75, 3.05) is 5.75 Å². The summed E-state index contributed by atoms with van der Waals surface area (Å²) in [4.78, 5) is 13.2. The molecule has 0 aliphatic heterocycles. The SMILES string of the molecule is Cc1ccccc1SCC(=O)Cc1cc(Cl)ccc1Cl. The van der Waals surface area contributed by atoms with Crippen LogP contribution in [-0.2, 0) is 11.2 Å². The number of carbonyl (C=O) groups excluding carboxylic acids is 1. The van der Waals surface area contributed by atoms with Gasteiger partial charge in [-0.05, 0) is 42.3 Å². The van der Waals surface area contributed by atoms with Gasteiger partial charge in [-0.1, -0.05) is 41.4 Å². The zero-order valence-corrected chi connectivity index (χ0v) is 13.4. The van der Waals surface area contributed by atoms with Crippen LogP contribution in [0.15, 0.2) is 47.4 Å². The summed E-state index contributed by atoms with van der Waals surface area (Å²) in [5.41, 5.74) is 1.97. The second-order valence-electron chi connectivity index (χ2n) is 4.51. The molecule has 0 spiro atoms. The zero-order chi connectivity index (χ0) is 14.5. The molecule has 4 heteroatoms. The largest absolute Gasteiger partial charge is 0.298 e. The molecule has 0 amide bonds. The van der Waals surface area contributed by atoms with Crippen LogP contribution in [-0.4, -0.2) is 11.5 Å². The first kappa shape index (κ1) is 15.4.